The van der Waals surface area contributed by atoms with Gasteiger partial charge in [-0.2, -0.15) is 9.40 Å². The summed E-state index contributed by atoms with van der Waals surface area (Å²) in [5, 5.41) is 10.9. The minimum atomic E-state index is -3.61. The van der Waals surface area contributed by atoms with Gasteiger partial charge >= 0.3 is 6.03 Å². The minimum Gasteiger partial charge on any atom is -0.308 e. The highest BCUT2D eigenvalue weighted by molar-refractivity contribution is 7.89. The number of anilines is 2. The van der Waals surface area contributed by atoms with E-state index < -0.39 is 10.0 Å². The number of nitrogens with zero attached hydrogens (tertiary/aromatic N) is 3. The Morgan fingerprint density at radius 2 is 1.60 bits per heavy atom. The fourth-order valence-electron chi connectivity index (χ4n) is 5.20. The highest BCUT2D eigenvalue weighted by atomic mass is 35.5. The van der Waals surface area contributed by atoms with E-state index in [4.69, 9.17) is 16.7 Å². The van der Waals surface area contributed by atoms with Gasteiger partial charge in [0, 0.05) is 30.3 Å². The Morgan fingerprint density at radius 3 is 2.23 bits per heavy atom. The van der Waals surface area contributed by atoms with Gasteiger partial charge in [0.25, 0.3) is 0 Å². The number of carbonyl (C=O) groups excluding carboxylic acids is 1. The second-order valence-corrected chi connectivity index (χ2v) is 14.5. The lowest BCUT2D eigenvalue weighted by Crippen LogP contribution is -2.39. The lowest BCUT2D eigenvalue weighted by atomic mass is 9.91. The Bertz CT molecular complexity index is 1690. The molecule has 10 heteroatoms. The van der Waals surface area contributed by atoms with Gasteiger partial charge in [-0.25, -0.2) is 17.9 Å². The molecule has 4 aromatic rings. The van der Waals surface area contributed by atoms with Gasteiger partial charge in [0.15, 0.2) is 0 Å². The number of benzene rings is 3. The van der Waals surface area contributed by atoms with Crippen LogP contribution in [0.25, 0.3) is 5.69 Å². The molecular formula is C33H38ClN5O3S. The van der Waals surface area contributed by atoms with Crippen LogP contribution >= 0.6 is 11.6 Å². The molecule has 1 aliphatic heterocycles. The number of hydrogen-bond acceptors (Lipinski definition) is 4. The van der Waals surface area contributed by atoms with E-state index in [1.165, 1.54) is 4.31 Å². The summed E-state index contributed by atoms with van der Waals surface area (Å²) < 4.78 is 29.4. The molecule has 0 spiro atoms. The number of piperidine rings is 1. The van der Waals surface area contributed by atoms with E-state index in [1.807, 2.05) is 61.5 Å². The van der Waals surface area contributed by atoms with E-state index in [1.54, 1.807) is 28.9 Å². The van der Waals surface area contributed by atoms with Crippen molar-refractivity contribution in [1.82, 2.24) is 14.1 Å². The fraction of sp³-hybridized carbons (Fsp3) is 0.333. The number of amides is 2. The summed E-state index contributed by atoms with van der Waals surface area (Å²) in [5.74, 6) is 0.963. The van der Waals surface area contributed by atoms with Gasteiger partial charge in [0.1, 0.15) is 10.7 Å². The van der Waals surface area contributed by atoms with E-state index >= 15 is 0 Å². The van der Waals surface area contributed by atoms with Crippen molar-refractivity contribution in [1.29, 1.82) is 0 Å². The Morgan fingerprint density at radius 1 is 0.953 bits per heavy atom. The molecule has 0 saturated carbocycles. The molecule has 0 bridgehead atoms. The van der Waals surface area contributed by atoms with Gasteiger partial charge in [-0.3, -0.25) is 5.32 Å². The van der Waals surface area contributed by atoms with Crippen molar-refractivity contribution in [3.05, 3.63) is 101 Å². The molecule has 0 radical (unpaired) electrons. The van der Waals surface area contributed by atoms with E-state index in [0.717, 1.165) is 41.8 Å². The predicted molar refractivity (Wildman–Crippen MR) is 173 cm³/mol. The first-order valence-corrected chi connectivity index (χ1v) is 16.3. The second-order valence-electron chi connectivity index (χ2n) is 12.2. The SMILES string of the molecule is Cc1ccc(-n2nc(C(C)(C)C)cc2NC(=O)Nc2ccc(CC3CCN(S(=O)(=O)c4ccccc4Cl)CC3)cc2)cc1. The third kappa shape index (κ3) is 7.29. The molecule has 226 valence electrons. The van der Waals surface area contributed by atoms with Crippen molar-refractivity contribution in [2.75, 3.05) is 23.7 Å². The number of urea groups is 1. The summed E-state index contributed by atoms with van der Waals surface area (Å²) in [7, 11) is -3.61. The zero-order valence-corrected chi connectivity index (χ0v) is 26.5. The molecule has 1 aliphatic rings. The zero-order chi connectivity index (χ0) is 30.8. The molecule has 2 N–H and O–H groups in total. The maximum Gasteiger partial charge on any atom is 0.324 e. The van der Waals surface area contributed by atoms with Crippen LogP contribution in [0, 0.1) is 12.8 Å². The highest BCUT2D eigenvalue weighted by Gasteiger charge is 2.30. The third-order valence-corrected chi connectivity index (χ3v) is 10.2. The van der Waals surface area contributed by atoms with Crippen molar-refractivity contribution in [3.63, 3.8) is 0 Å². The topological polar surface area (TPSA) is 96.3 Å². The van der Waals surface area contributed by atoms with E-state index in [0.29, 0.717) is 30.5 Å². The smallest absolute Gasteiger partial charge is 0.308 e. The molecule has 2 amide bonds. The summed E-state index contributed by atoms with van der Waals surface area (Å²) in [6.07, 6.45) is 2.40. The van der Waals surface area contributed by atoms with Gasteiger partial charge in [0.05, 0.1) is 16.4 Å². The lowest BCUT2D eigenvalue weighted by molar-refractivity contribution is 0.262. The normalized spacial score (nSPS) is 14.9. The van der Waals surface area contributed by atoms with Gasteiger partial charge in [0.2, 0.25) is 10.0 Å². The van der Waals surface area contributed by atoms with Crippen molar-refractivity contribution < 1.29 is 13.2 Å². The molecule has 5 rings (SSSR count). The Labute approximate surface area is 259 Å². The number of nitrogens with one attached hydrogen (secondary N) is 2. The van der Waals surface area contributed by atoms with Crippen LogP contribution in [0.3, 0.4) is 0 Å². The number of halogens is 1. The Balaban J connectivity index is 1.18. The molecular weight excluding hydrogens is 582 g/mol. The van der Waals surface area contributed by atoms with Gasteiger partial charge in [-0.05, 0) is 74.1 Å². The molecule has 1 aromatic heterocycles. The second kappa shape index (κ2) is 12.5. The van der Waals surface area contributed by atoms with Crippen LogP contribution in [-0.4, -0.2) is 41.6 Å². The van der Waals surface area contributed by atoms with Crippen LogP contribution in [-0.2, 0) is 21.9 Å². The number of hydrogen-bond donors (Lipinski definition) is 2. The average molecular weight is 620 g/mol. The van der Waals surface area contributed by atoms with E-state index in [2.05, 4.69) is 31.4 Å². The molecule has 2 heterocycles. The Hall–Kier alpha value is -3.66. The van der Waals surface area contributed by atoms with Crippen LogP contribution in [0.15, 0.2) is 83.8 Å². The molecule has 1 saturated heterocycles. The summed E-state index contributed by atoms with van der Waals surface area (Å²) in [4.78, 5) is 13.2. The number of rotatable bonds is 7. The van der Waals surface area contributed by atoms with Gasteiger partial charge in [-0.1, -0.05) is 74.3 Å². The van der Waals surface area contributed by atoms with Crippen molar-refractivity contribution in [3.8, 4) is 5.69 Å². The number of carbonyl (C=O) groups is 1. The summed E-state index contributed by atoms with van der Waals surface area (Å²) in [6.45, 7) is 9.23. The number of aryl methyl sites for hydroxylation is 1. The molecule has 0 atom stereocenters. The first-order valence-electron chi connectivity index (χ1n) is 14.5. The number of aromatic nitrogens is 2. The molecule has 1 fully saturated rings. The molecule has 43 heavy (non-hydrogen) atoms. The Kier molecular flexibility index (Phi) is 8.96. The van der Waals surface area contributed by atoms with Crippen LogP contribution in [0.4, 0.5) is 16.3 Å². The van der Waals surface area contributed by atoms with Crippen molar-refractivity contribution >= 4 is 39.2 Å². The maximum atomic E-state index is 13.1. The lowest BCUT2D eigenvalue weighted by Gasteiger charge is -2.31. The van der Waals surface area contributed by atoms with Gasteiger partial charge in [-0.15, -0.1) is 0 Å². The standard InChI is InChI=1S/C33H38ClN5O3S/c1-23-9-15-27(16-10-23)39-31(22-30(37-39)33(2,3)4)36-32(40)35-26-13-11-24(12-14-26)21-25-17-19-38(20-18-25)43(41,42)29-8-6-5-7-28(29)34/h5-16,22,25H,17-21H2,1-4H3,(H2,35,36,40). The van der Waals surface area contributed by atoms with Crippen molar-refractivity contribution in [2.24, 2.45) is 5.92 Å². The highest BCUT2D eigenvalue weighted by Crippen LogP contribution is 2.30. The number of sulfonamides is 1. The monoisotopic (exact) mass is 619 g/mol. The van der Waals surface area contributed by atoms with Gasteiger partial charge < -0.3 is 5.32 Å². The largest absolute Gasteiger partial charge is 0.324 e. The van der Waals surface area contributed by atoms with Crippen LogP contribution < -0.4 is 10.6 Å². The maximum absolute atomic E-state index is 13.1. The van der Waals surface area contributed by atoms with Crippen LogP contribution in [0.1, 0.15) is 50.4 Å². The zero-order valence-electron chi connectivity index (χ0n) is 25.0. The van der Waals surface area contributed by atoms with Crippen LogP contribution in [0.5, 0.6) is 0 Å². The minimum absolute atomic E-state index is 0.163. The van der Waals surface area contributed by atoms with E-state index in [9.17, 15) is 13.2 Å². The third-order valence-electron chi connectivity index (χ3n) is 7.76. The van der Waals surface area contributed by atoms with E-state index in [-0.39, 0.29) is 21.4 Å². The summed E-state index contributed by atoms with van der Waals surface area (Å²) >= 11 is 6.16. The molecule has 0 unspecified atom stereocenters. The molecule has 8 nitrogen and oxygen atoms in total. The first kappa shape index (κ1) is 30.8. The summed E-state index contributed by atoms with van der Waals surface area (Å²) in [6, 6.07) is 24.0. The predicted octanol–water partition coefficient (Wildman–Crippen LogP) is 7.42. The average Bonchev–Trinajstić information content (AvgIpc) is 3.39. The molecule has 3 aromatic carbocycles. The quantitative estimate of drug-likeness (QED) is 0.225. The van der Waals surface area contributed by atoms with Crippen LogP contribution in [0.2, 0.25) is 5.02 Å². The fourth-order valence-corrected chi connectivity index (χ4v) is 7.17. The first-order chi connectivity index (χ1) is 20.4. The summed E-state index contributed by atoms with van der Waals surface area (Å²) in [5.41, 5.74) is 4.53. The molecule has 0 aliphatic carbocycles. The van der Waals surface area contributed by atoms with Crippen molar-refractivity contribution in [2.45, 2.75) is 57.3 Å².